The molecule has 2 heterocycles. The molecule has 0 aliphatic carbocycles. The summed E-state index contributed by atoms with van der Waals surface area (Å²) in [5, 5.41) is 13.3. The van der Waals surface area contributed by atoms with Gasteiger partial charge in [-0.25, -0.2) is 9.67 Å². The summed E-state index contributed by atoms with van der Waals surface area (Å²) in [7, 11) is 0. The predicted octanol–water partition coefficient (Wildman–Crippen LogP) is 1.51. The number of hydrogen-bond donors (Lipinski definition) is 1. The van der Waals surface area contributed by atoms with Crippen LogP contribution in [0.4, 0.5) is 0 Å². The number of benzene rings is 1. The van der Waals surface area contributed by atoms with Crippen LogP contribution in [0, 0.1) is 12.3 Å². The summed E-state index contributed by atoms with van der Waals surface area (Å²) in [6, 6.07) is 5.43. The fourth-order valence-electron chi connectivity index (χ4n) is 2.85. The van der Waals surface area contributed by atoms with Crippen molar-refractivity contribution in [1.29, 1.82) is 0 Å². The average Bonchev–Trinajstić information content (AvgIpc) is 3.16. The average molecular weight is 314 g/mol. The Morgan fingerprint density at radius 1 is 1.35 bits per heavy atom. The summed E-state index contributed by atoms with van der Waals surface area (Å²) in [6.45, 7) is 4.25. The first-order valence-electron chi connectivity index (χ1n) is 7.39. The number of aliphatic carboxylic acids is 1. The van der Waals surface area contributed by atoms with Gasteiger partial charge in [0, 0.05) is 18.7 Å². The van der Waals surface area contributed by atoms with E-state index >= 15 is 0 Å². The van der Waals surface area contributed by atoms with Gasteiger partial charge in [0.25, 0.3) is 5.91 Å². The molecular weight excluding hydrogens is 296 g/mol. The number of carbonyl (C=O) groups excluding carboxylic acids is 1. The summed E-state index contributed by atoms with van der Waals surface area (Å²) in [6.07, 6.45) is 3.52. The van der Waals surface area contributed by atoms with E-state index in [1.165, 1.54) is 6.33 Å². The minimum atomic E-state index is -0.857. The number of likely N-dealkylation sites (tertiary alicyclic amines) is 1. The Morgan fingerprint density at radius 3 is 2.70 bits per heavy atom. The number of amides is 1. The molecule has 7 nitrogen and oxygen atoms in total. The number of carboxylic acid groups (broad SMARTS) is 1. The molecule has 1 aromatic heterocycles. The lowest BCUT2D eigenvalue weighted by atomic mass is 9.90. The highest BCUT2D eigenvalue weighted by molar-refractivity contribution is 5.96. The third-order valence-corrected chi connectivity index (χ3v) is 4.40. The van der Waals surface area contributed by atoms with E-state index in [0.717, 1.165) is 11.3 Å². The lowest BCUT2D eigenvalue weighted by Gasteiger charge is -2.21. The van der Waals surface area contributed by atoms with Gasteiger partial charge in [-0.1, -0.05) is 0 Å². The van der Waals surface area contributed by atoms with E-state index in [2.05, 4.69) is 10.1 Å². The van der Waals surface area contributed by atoms with Crippen molar-refractivity contribution in [2.45, 2.75) is 20.3 Å². The lowest BCUT2D eigenvalue weighted by molar-refractivity contribution is -0.147. The highest BCUT2D eigenvalue weighted by Crippen LogP contribution is 2.31. The van der Waals surface area contributed by atoms with E-state index in [-0.39, 0.29) is 12.5 Å². The van der Waals surface area contributed by atoms with Gasteiger partial charge in [-0.15, -0.1) is 0 Å². The molecule has 0 bridgehead atoms. The molecule has 1 aliphatic heterocycles. The van der Waals surface area contributed by atoms with Crippen LogP contribution in [0.25, 0.3) is 5.69 Å². The van der Waals surface area contributed by atoms with Crippen molar-refractivity contribution in [3.63, 3.8) is 0 Å². The molecule has 0 saturated carbocycles. The molecule has 2 aromatic rings. The van der Waals surface area contributed by atoms with Crippen LogP contribution >= 0.6 is 0 Å². The van der Waals surface area contributed by atoms with E-state index in [1.807, 2.05) is 13.0 Å². The number of hydrogen-bond acceptors (Lipinski definition) is 4. The summed E-state index contributed by atoms with van der Waals surface area (Å²) < 4.78 is 1.62. The Bertz CT molecular complexity index is 757. The molecule has 0 spiro atoms. The smallest absolute Gasteiger partial charge is 0.311 e. The van der Waals surface area contributed by atoms with Crippen LogP contribution in [0.5, 0.6) is 0 Å². The number of aromatic nitrogens is 3. The summed E-state index contributed by atoms with van der Waals surface area (Å²) >= 11 is 0. The van der Waals surface area contributed by atoms with Crippen LogP contribution in [0.1, 0.15) is 29.3 Å². The van der Waals surface area contributed by atoms with E-state index in [0.29, 0.717) is 18.5 Å². The molecule has 1 aliphatic rings. The second-order valence-electron chi connectivity index (χ2n) is 6.18. The van der Waals surface area contributed by atoms with Crippen LogP contribution < -0.4 is 0 Å². The SMILES string of the molecule is Cc1cc(-n2cncn2)ccc1C(=O)N1CCC(C)(C(=O)O)C1. The zero-order valence-electron chi connectivity index (χ0n) is 13.1. The molecule has 1 amide bonds. The van der Waals surface area contributed by atoms with Gasteiger partial charge >= 0.3 is 5.97 Å². The van der Waals surface area contributed by atoms with Crippen LogP contribution in [-0.4, -0.2) is 49.7 Å². The van der Waals surface area contributed by atoms with Crippen molar-refractivity contribution in [3.05, 3.63) is 42.0 Å². The molecule has 0 radical (unpaired) electrons. The van der Waals surface area contributed by atoms with Gasteiger partial charge < -0.3 is 10.0 Å². The van der Waals surface area contributed by atoms with Gasteiger partial charge in [-0.3, -0.25) is 9.59 Å². The second kappa shape index (κ2) is 5.49. The van der Waals surface area contributed by atoms with Crippen LogP contribution in [0.3, 0.4) is 0 Å². The molecule has 1 atom stereocenters. The minimum Gasteiger partial charge on any atom is -0.481 e. The number of rotatable bonds is 3. The van der Waals surface area contributed by atoms with Crippen molar-refractivity contribution in [2.75, 3.05) is 13.1 Å². The first kappa shape index (κ1) is 15.2. The first-order chi connectivity index (χ1) is 10.9. The van der Waals surface area contributed by atoms with E-state index in [4.69, 9.17) is 0 Å². The zero-order chi connectivity index (χ0) is 16.6. The molecule has 1 aromatic carbocycles. The number of carboxylic acids is 1. The summed E-state index contributed by atoms with van der Waals surface area (Å²) in [5.41, 5.74) is 1.38. The molecule has 3 rings (SSSR count). The molecule has 120 valence electrons. The van der Waals surface area contributed by atoms with Crippen molar-refractivity contribution in [3.8, 4) is 5.69 Å². The quantitative estimate of drug-likeness (QED) is 0.928. The second-order valence-corrected chi connectivity index (χ2v) is 6.18. The molecule has 23 heavy (non-hydrogen) atoms. The maximum Gasteiger partial charge on any atom is 0.311 e. The van der Waals surface area contributed by atoms with Crippen molar-refractivity contribution in [1.82, 2.24) is 19.7 Å². The highest BCUT2D eigenvalue weighted by Gasteiger charge is 2.42. The molecule has 1 fully saturated rings. The number of carbonyl (C=O) groups is 2. The standard InChI is InChI=1S/C16H18N4O3/c1-11-7-12(20-10-17-9-18-20)3-4-13(11)14(21)19-6-5-16(2,8-19)15(22)23/h3-4,7,9-10H,5-6,8H2,1-2H3,(H,22,23). The van der Waals surface area contributed by atoms with Gasteiger partial charge in [0.1, 0.15) is 12.7 Å². The van der Waals surface area contributed by atoms with E-state index in [9.17, 15) is 14.7 Å². The first-order valence-corrected chi connectivity index (χ1v) is 7.39. The van der Waals surface area contributed by atoms with Gasteiger partial charge in [-0.05, 0) is 44.0 Å². The van der Waals surface area contributed by atoms with Gasteiger partial charge in [0.05, 0.1) is 11.1 Å². The zero-order valence-corrected chi connectivity index (χ0v) is 13.1. The van der Waals surface area contributed by atoms with Gasteiger partial charge in [0.2, 0.25) is 0 Å². The topological polar surface area (TPSA) is 88.3 Å². The van der Waals surface area contributed by atoms with Crippen molar-refractivity contribution < 1.29 is 14.7 Å². The maximum absolute atomic E-state index is 12.7. The Labute approximate surface area is 133 Å². The summed E-state index contributed by atoms with van der Waals surface area (Å²) in [5.74, 6) is -0.983. The third-order valence-electron chi connectivity index (χ3n) is 4.40. The van der Waals surface area contributed by atoms with Crippen molar-refractivity contribution >= 4 is 11.9 Å². The number of nitrogens with zero attached hydrogens (tertiary/aromatic N) is 4. The fraction of sp³-hybridized carbons (Fsp3) is 0.375. The Morgan fingerprint density at radius 2 is 2.13 bits per heavy atom. The van der Waals surface area contributed by atoms with Crippen LogP contribution in [0.15, 0.2) is 30.9 Å². The third kappa shape index (κ3) is 2.69. The fourth-order valence-corrected chi connectivity index (χ4v) is 2.85. The number of aryl methyl sites for hydroxylation is 1. The largest absolute Gasteiger partial charge is 0.481 e. The van der Waals surface area contributed by atoms with Crippen LogP contribution in [-0.2, 0) is 4.79 Å². The molecule has 7 heteroatoms. The Kier molecular flexibility index (Phi) is 3.63. The molecule has 1 unspecified atom stereocenters. The Balaban J connectivity index is 1.82. The molecular formula is C16H18N4O3. The lowest BCUT2D eigenvalue weighted by Crippen LogP contribution is -2.35. The van der Waals surface area contributed by atoms with E-state index < -0.39 is 11.4 Å². The monoisotopic (exact) mass is 314 g/mol. The van der Waals surface area contributed by atoms with Crippen molar-refractivity contribution in [2.24, 2.45) is 5.41 Å². The summed E-state index contributed by atoms with van der Waals surface area (Å²) in [4.78, 5) is 29.5. The van der Waals surface area contributed by atoms with Gasteiger partial charge in [0.15, 0.2) is 0 Å². The van der Waals surface area contributed by atoms with Gasteiger partial charge in [-0.2, -0.15) is 5.10 Å². The van der Waals surface area contributed by atoms with Crippen LogP contribution in [0.2, 0.25) is 0 Å². The normalized spacial score (nSPS) is 20.7. The predicted molar refractivity (Wildman–Crippen MR) is 82.4 cm³/mol. The minimum absolute atomic E-state index is 0.127. The molecule has 1 saturated heterocycles. The van der Waals surface area contributed by atoms with E-state index in [1.54, 1.807) is 35.0 Å². The Hall–Kier alpha value is -2.70. The molecule has 1 N–H and O–H groups in total. The maximum atomic E-state index is 12.7. The highest BCUT2D eigenvalue weighted by atomic mass is 16.4.